The van der Waals surface area contributed by atoms with Crippen molar-refractivity contribution in [1.29, 1.82) is 0 Å². The lowest BCUT2D eigenvalue weighted by molar-refractivity contribution is -0.193. The van der Waals surface area contributed by atoms with Crippen molar-refractivity contribution < 1.29 is 64.1 Å². The van der Waals surface area contributed by atoms with E-state index in [-0.39, 0.29) is 16.7 Å². The van der Waals surface area contributed by atoms with Crippen LogP contribution in [0.4, 0.5) is 55.2 Å². The van der Waals surface area contributed by atoms with Crippen molar-refractivity contribution in [3.05, 3.63) is 83.3 Å². The molecule has 2 aliphatic rings. The van der Waals surface area contributed by atoms with Crippen molar-refractivity contribution in [3.8, 4) is 5.75 Å². The number of carbonyl (C=O) groups is 3. The summed E-state index contributed by atoms with van der Waals surface area (Å²) in [5.41, 5.74) is 4.24. The van der Waals surface area contributed by atoms with E-state index in [1.165, 1.54) is 23.7 Å². The van der Waals surface area contributed by atoms with Gasteiger partial charge in [0.05, 0.1) is 30.1 Å². The summed E-state index contributed by atoms with van der Waals surface area (Å²) >= 11 is 6.38. The van der Waals surface area contributed by atoms with Gasteiger partial charge in [0, 0.05) is 43.1 Å². The first kappa shape index (κ1) is 45.0. The van der Waals surface area contributed by atoms with Gasteiger partial charge in [-0.3, -0.25) is 9.78 Å². The van der Waals surface area contributed by atoms with Crippen LogP contribution < -0.4 is 20.7 Å². The minimum Gasteiger partial charge on any atom is -0.497 e. The molecular formula is C35H34ClF6N7O8S. The average molecular weight is 862 g/mol. The van der Waals surface area contributed by atoms with Crippen molar-refractivity contribution in [2.24, 2.45) is 5.92 Å². The first-order valence-corrected chi connectivity index (χ1v) is 18.6. The Labute approximate surface area is 331 Å². The van der Waals surface area contributed by atoms with Gasteiger partial charge in [-0.1, -0.05) is 17.7 Å². The fraction of sp³-hybridized carbons (Fsp3) is 0.314. The molecule has 1 fully saturated rings. The molecular weight excluding hydrogens is 828 g/mol. The topological polar surface area (TPSA) is 213 Å². The molecule has 15 nitrogen and oxygen atoms in total. The van der Waals surface area contributed by atoms with E-state index in [0.29, 0.717) is 67.7 Å². The van der Waals surface area contributed by atoms with Crippen LogP contribution in [0.5, 0.6) is 5.75 Å². The Morgan fingerprint density at radius 2 is 1.57 bits per heavy atom. The predicted octanol–water partition coefficient (Wildman–Crippen LogP) is 6.82. The van der Waals surface area contributed by atoms with Gasteiger partial charge >= 0.3 is 24.3 Å². The number of carboxylic acid groups (broad SMARTS) is 2. The minimum absolute atomic E-state index is 0.0770. The summed E-state index contributed by atoms with van der Waals surface area (Å²) in [5.74, 6) is -4.20. The molecule has 0 unspecified atom stereocenters. The van der Waals surface area contributed by atoms with Gasteiger partial charge in [-0.2, -0.15) is 35.6 Å². The van der Waals surface area contributed by atoms with E-state index < -0.39 is 34.3 Å². The van der Waals surface area contributed by atoms with Gasteiger partial charge in [0.2, 0.25) is 21.9 Å². The third-order valence-electron chi connectivity index (χ3n) is 8.33. The smallest absolute Gasteiger partial charge is 0.490 e. The van der Waals surface area contributed by atoms with Crippen molar-refractivity contribution in [3.63, 3.8) is 0 Å². The molecule has 2 aromatic heterocycles. The van der Waals surface area contributed by atoms with Crippen LogP contribution in [0.1, 0.15) is 30.4 Å². The molecule has 0 atom stereocenters. The van der Waals surface area contributed by atoms with Crippen LogP contribution in [0.3, 0.4) is 0 Å². The van der Waals surface area contributed by atoms with Gasteiger partial charge in [-0.25, -0.2) is 23.0 Å². The summed E-state index contributed by atoms with van der Waals surface area (Å²) in [5, 5.41) is 24.2. The van der Waals surface area contributed by atoms with E-state index in [2.05, 4.69) is 30.9 Å². The molecule has 312 valence electrons. The van der Waals surface area contributed by atoms with Crippen LogP contribution in [-0.2, 0) is 37.2 Å². The molecule has 58 heavy (non-hydrogen) atoms. The Morgan fingerprint density at radius 1 is 0.914 bits per heavy atom. The Morgan fingerprint density at radius 3 is 2.19 bits per heavy atom. The monoisotopic (exact) mass is 861 g/mol. The van der Waals surface area contributed by atoms with Crippen molar-refractivity contribution in [2.45, 2.75) is 49.4 Å². The summed E-state index contributed by atoms with van der Waals surface area (Å²) in [6, 6.07) is 14.2. The molecule has 1 saturated heterocycles. The van der Waals surface area contributed by atoms with E-state index >= 15 is 0 Å². The number of sulfonamides is 1. The number of benzene rings is 2. The maximum Gasteiger partial charge on any atom is 0.490 e. The highest BCUT2D eigenvalue weighted by molar-refractivity contribution is 7.89. The van der Waals surface area contributed by atoms with Crippen LogP contribution in [0.25, 0.3) is 0 Å². The van der Waals surface area contributed by atoms with Gasteiger partial charge in [0.1, 0.15) is 10.8 Å². The number of halogens is 7. The lowest BCUT2D eigenvalue weighted by Crippen LogP contribution is -2.39. The number of fused-ring (bicyclic) bond motifs is 6. The second-order valence-electron chi connectivity index (χ2n) is 12.5. The Kier molecular flexibility index (Phi) is 14.8. The largest absolute Gasteiger partial charge is 0.497 e. The van der Waals surface area contributed by atoms with E-state index in [9.17, 15) is 39.6 Å². The molecule has 0 aliphatic carbocycles. The van der Waals surface area contributed by atoms with Gasteiger partial charge in [-0.15, -0.1) is 0 Å². The number of pyridine rings is 1. The summed E-state index contributed by atoms with van der Waals surface area (Å²) in [4.78, 5) is 44.4. The van der Waals surface area contributed by atoms with E-state index in [4.69, 9.17) is 36.1 Å². The SMILES string of the molecule is COc1cccc(S(=O)(=O)N2CCC(CC(=O)Nc3ccc4cc3CCc3cncc(c3)Nc3ncc(Cl)c(n3)N4)CC2)c1.O=C(O)C(F)(F)F.O=C(O)C(F)(F)F. The number of hydrogen-bond acceptors (Lipinski definition) is 11. The summed E-state index contributed by atoms with van der Waals surface area (Å²) < 4.78 is 96.5. The first-order chi connectivity index (χ1) is 27.1. The van der Waals surface area contributed by atoms with Crippen LogP contribution in [0.15, 0.2) is 72.0 Å². The van der Waals surface area contributed by atoms with Crippen molar-refractivity contribution in [2.75, 3.05) is 36.1 Å². The van der Waals surface area contributed by atoms with Crippen LogP contribution >= 0.6 is 11.6 Å². The molecule has 2 aliphatic heterocycles. The fourth-order valence-electron chi connectivity index (χ4n) is 5.48. The van der Waals surface area contributed by atoms with Gasteiger partial charge in [0.15, 0.2) is 5.82 Å². The van der Waals surface area contributed by atoms with E-state index in [1.54, 1.807) is 24.4 Å². The molecule has 1 amide bonds. The fourth-order valence-corrected chi connectivity index (χ4v) is 7.12. The van der Waals surface area contributed by atoms with Gasteiger partial charge in [0.25, 0.3) is 0 Å². The van der Waals surface area contributed by atoms with Crippen LogP contribution in [0.2, 0.25) is 5.02 Å². The second-order valence-corrected chi connectivity index (χ2v) is 14.8. The van der Waals surface area contributed by atoms with Crippen molar-refractivity contribution >= 4 is 68.3 Å². The zero-order valence-corrected chi connectivity index (χ0v) is 31.6. The Bertz CT molecular complexity index is 2200. The number of piperidine rings is 1. The molecule has 5 N–H and O–H groups in total. The number of carbonyl (C=O) groups excluding carboxylic acids is 1. The molecule has 2 aromatic carbocycles. The number of aliphatic carboxylic acids is 2. The Balaban J connectivity index is 0.000000456. The lowest BCUT2D eigenvalue weighted by Gasteiger charge is -2.31. The Hall–Kier alpha value is -5.74. The number of rotatable bonds is 6. The highest BCUT2D eigenvalue weighted by atomic mass is 35.5. The lowest BCUT2D eigenvalue weighted by atomic mass is 9.94. The number of amides is 1. The predicted molar refractivity (Wildman–Crippen MR) is 197 cm³/mol. The molecule has 0 saturated carbocycles. The molecule has 0 radical (unpaired) electrons. The van der Waals surface area contributed by atoms with Crippen molar-refractivity contribution in [1.82, 2.24) is 19.3 Å². The first-order valence-electron chi connectivity index (χ1n) is 16.8. The summed E-state index contributed by atoms with van der Waals surface area (Å²) in [6.45, 7) is 0.719. The van der Waals surface area contributed by atoms with Crippen LogP contribution in [0, 0.1) is 5.92 Å². The molecule has 4 heterocycles. The number of hydrogen-bond donors (Lipinski definition) is 5. The third kappa shape index (κ3) is 12.9. The number of ether oxygens (including phenoxy) is 1. The molecule has 4 aromatic rings. The maximum atomic E-state index is 13.2. The second kappa shape index (κ2) is 19.1. The number of anilines is 5. The number of nitrogens with one attached hydrogen (secondary N) is 3. The maximum absolute atomic E-state index is 13.2. The minimum atomic E-state index is -5.08. The number of aryl methyl sites for hydroxylation is 2. The molecule has 0 spiro atoms. The summed E-state index contributed by atoms with van der Waals surface area (Å²) in [6.07, 6.45) is -2.23. The van der Waals surface area contributed by atoms with Gasteiger partial charge in [-0.05, 0) is 79.1 Å². The molecule has 6 bridgehead atoms. The number of alkyl halides is 6. The zero-order chi connectivity index (χ0) is 42.8. The number of aromatic nitrogens is 3. The average Bonchev–Trinajstić information content (AvgIpc) is 3.16. The highest BCUT2D eigenvalue weighted by Gasteiger charge is 2.39. The molecule has 6 rings (SSSR count). The number of carboxylic acids is 2. The van der Waals surface area contributed by atoms with Gasteiger partial charge < -0.3 is 30.9 Å². The zero-order valence-electron chi connectivity index (χ0n) is 30.1. The number of methoxy groups -OCH3 is 1. The van der Waals surface area contributed by atoms with Crippen LogP contribution in [-0.4, -0.2) is 88.3 Å². The molecule has 23 heteroatoms. The summed E-state index contributed by atoms with van der Waals surface area (Å²) in [7, 11) is -2.13. The normalized spacial score (nSPS) is 14.5. The quantitative estimate of drug-likeness (QED) is 0.126. The number of nitrogens with zero attached hydrogens (tertiary/aromatic N) is 4. The van der Waals surface area contributed by atoms with E-state index in [0.717, 1.165) is 28.2 Å². The standard InChI is InChI=1S/C31H32ClN7O4S.2C2HF3O2/c1-43-25-3-2-4-26(16-25)44(41,42)39-11-9-20(10-12-39)14-29(40)37-28-8-7-23-15-22(28)6-5-21-13-24(18-33-17-21)36-31-34-19-27(32)30(35-23)38-31;2*3-2(4,5)1(6)7/h2-4,7-8,13,15-20H,5-6,9-12,14H2,1H3,(H,37,40)(H2,34,35,36,38);2*(H,6,7). The third-order valence-corrected chi connectivity index (χ3v) is 10.5. The van der Waals surface area contributed by atoms with E-state index in [1.807, 2.05) is 30.5 Å². The highest BCUT2D eigenvalue weighted by Crippen LogP contribution is 2.31.